The molecular formula is C28H22FNO3. The van der Waals surface area contributed by atoms with Gasteiger partial charge < -0.3 is 4.74 Å². The number of benzene rings is 3. The molecule has 5 heteroatoms. The quantitative estimate of drug-likeness (QED) is 0.296. The third kappa shape index (κ3) is 4.27. The van der Waals surface area contributed by atoms with Gasteiger partial charge in [-0.05, 0) is 66.6 Å². The van der Waals surface area contributed by atoms with Crippen molar-refractivity contribution in [2.75, 3.05) is 6.61 Å². The summed E-state index contributed by atoms with van der Waals surface area (Å²) in [6.07, 6.45) is 2.42. The molecule has 0 saturated heterocycles. The molecule has 1 aromatic heterocycles. The molecular weight excluding hydrogens is 417 g/mol. The predicted octanol–water partition coefficient (Wildman–Crippen LogP) is 5.69. The van der Waals surface area contributed by atoms with Crippen LogP contribution in [-0.2, 0) is 17.6 Å². The molecule has 5 rings (SSSR count). The maximum absolute atomic E-state index is 13.3. The van der Waals surface area contributed by atoms with Gasteiger partial charge in [0, 0.05) is 16.6 Å². The number of para-hydroxylation sites is 1. The molecule has 0 amide bonds. The van der Waals surface area contributed by atoms with Crippen LogP contribution in [0.3, 0.4) is 0 Å². The van der Waals surface area contributed by atoms with Crippen LogP contribution in [0, 0.1) is 5.82 Å². The second-order valence-electron chi connectivity index (χ2n) is 8.29. The lowest BCUT2D eigenvalue weighted by Crippen LogP contribution is -2.21. The molecule has 4 nitrogen and oxygen atoms in total. The van der Waals surface area contributed by atoms with Gasteiger partial charge in [0.1, 0.15) is 5.82 Å². The number of carbonyl (C=O) groups excluding carboxylic acids is 2. The summed E-state index contributed by atoms with van der Waals surface area (Å²) in [5, 5.41) is 0.726. The maximum Gasteiger partial charge on any atom is 0.339 e. The van der Waals surface area contributed by atoms with E-state index in [0.717, 1.165) is 35.0 Å². The van der Waals surface area contributed by atoms with Crippen LogP contribution in [0.2, 0.25) is 0 Å². The Balaban J connectivity index is 1.47. The number of esters is 1. The van der Waals surface area contributed by atoms with E-state index in [1.807, 2.05) is 42.5 Å². The Kier molecular flexibility index (Phi) is 5.69. The number of ether oxygens (including phenoxy) is 1. The van der Waals surface area contributed by atoms with E-state index in [2.05, 4.69) is 12.1 Å². The van der Waals surface area contributed by atoms with Crippen molar-refractivity contribution in [2.24, 2.45) is 0 Å². The Labute approximate surface area is 191 Å². The third-order valence-electron chi connectivity index (χ3n) is 6.23. The minimum Gasteiger partial charge on any atom is -0.454 e. The molecule has 0 saturated carbocycles. The van der Waals surface area contributed by atoms with Crippen molar-refractivity contribution in [1.82, 2.24) is 4.98 Å². The maximum atomic E-state index is 13.3. The lowest BCUT2D eigenvalue weighted by molar-refractivity contribution is 0.0475. The summed E-state index contributed by atoms with van der Waals surface area (Å²) in [4.78, 5) is 30.6. The molecule has 1 heterocycles. The molecule has 3 aromatic carbocycles. The molecule has 0 bridgehead atoms. The normalized spacial score (nSPS) is 15.1. The van der Waals surface area contributed by atoms with Crippen LogP contribution in [0.25, 0.3) is 10.9 Å². The van der Waals surface area contributed by atoms with E-state index >= 15 is 0 Å². The van der Waals surface area contributed by atoms with Gasteiger partial charge in [0.15, 0.2) is 12.4 Å². The lowest BCUT2D eigenvalue weighted by Gasteiger charge is -2.26. The summed E-state index contributed by atoms with van der Waals surface area (Å²) in [7, 11) is 0. The minimum atomic E-state index is -0.533. The molecule has 0 aliphatic heterocycles. The first-order valence-corrected chi connectivity index (χ1v) is 11.0. The van der Waals surface area contributed by atoms with Gasteiger partial charge in [-0.15, -0.1) is 0 Å². The highest BCUT2D eigenvalue weighted by molar-refractivity contribution is 6.06. The highest BCUT2D eigenvalue weighted by Crippen LogP contribution is 2.36. The SMILES string of the molecule is O=C(COC(=O)c1c2c(nc3ccccc13)CCC(c1ccccc1)C2)c1ccc(F)cc1. The summed E-state index contributed by atoms with van der Waals surface area (Å²) < 4.78 is 18.6. The van der Waals surface area contributed by atoms with E-state index in [4.69, 9.17) is 9.72 Å². The van der Waals surface area contributed by atoms with Gasteiger partial charge in [-0.1, -0.05) is 48.5 Å². The monoisotopic (exact) mass is 439 g/mol. The molecule has 33 heavy (non-hydrogen) atoms. The molecule has 4 aromatic rings. The number of rotatable bonds is 5. The number of pyridine rings is 1. The van der Waals surface area contributed by atoms with Gasteiger partial charge in [0.2, 0.25) is 0 Å². The Morgan fingerprint density at radius 2 is 1.67 bits per heavy atom. The highest BCUT2D eigenvalue weighted by Gasteiger charge is 2.28. The number of aromatic nitrogens is 1. The summed E-state index contributed by atoms with van der Waals surface area (Å²) in [6.45, 7) is -0.405. The number of hydrogen-bond acceptors (Lipinski definition) is 4. The number of aryl methyl sites for hydroxylation is 1. The first-order chi connectivity index (χ1) is 16.1. The molecule has 0 N–H and O–H groups in total. The smallest absolute Gasteiger partial charge is 0.339 e. The molecule has 1 atom stereocenters. The van der Waals surface area contributed by atoms with Gasteiger partial charge in [-0.2, -0.15) is 0 Å². The van der Waals surface area contributed by atoms with Crippen molar-refractivity contribution >= 4 is 22.7 Å². The van der Waals surface area contributed by atoms with Gasteiger partial charge in [-0.25, -0.2) is 9.18 Å². The fourth-order valence-corrected chi connectivity index (χ4v) is 4.55. The van der Waals surface area contributed by atoms with Crippen LogP contribution < -0.4 is 0 Å². The average molecular weight is 439 g/mol. The number of halogens is 1. The van der Waals surface area contributed by atoms with Crippen LogP contribution in [-0.4, -0.2) is 23.3 Å². The second kappa shape index (κ2) is 8.94. The number of Topliss-reactive ketones (excluding diaryl/α,β-unsaturated/α-hetero) is 1. The topological polar surface area (TPSA) is 56.3 Å². The van der Waals surface area contributed by atoms with Crippen molar-refractivity contribution in [2.45, 2.75) is 25.2 Å². The van der Waals surface area contributed by atoms with Crippen molar-refractivity contribution in [1.29, 1.82) is 0 Å². The summed E-state index contributed by atoms with van der Waals surface area (Å²) in [5.41, 5.74) is 4.58. The van der Waals surface area contributed by atoms with Crippen molar-refractivity contribution in [3.8, 4) is 0 Å². The first kappa shape index (κ1) is 21.0. The molecule has 0 fully saturated rings. The Bertz CT molecular complexity index is 1330. The standard InChI is InChI=1S/C28H22FNO3/c29-21-13-10-19(11-14-21)26(31)17-33-28(32)27-22-8-4-5-9-24(22)30-25-15-12-20(16-23(25)27)18-6-2-1-3-7-18/h1-11,13-14,20H,12,15-17H2. The summed E-state index contributed by atoms with van der Waals surface area (Å²) >= 11 is 0. The van der Waals surface area contributed by atoms with Crippen LogP contribution in [0.4, 0.5) is 4.39 Å². The lowest BCUT2D eigenvalue weighted by atomic mass is 9.80. The van der Waals surface area contributed by atoms with Crippen molar-refractivity contribution < 1.29 is 18.7 Å². The Hall–Kier alpha value is -3.86. The summed E-state index contributed by atoms with van der Waals surface area (Å²) in [5.74, 6) is -1.05. The molecule has 164 valence electrons. The van der Waals surface area contributed by atoms with Crippen LogP contribution >= 0.6 is 0 Å². The zero-order valence-corrected chi connectivity index (χ0v) is 18.0. The van der Waals surface area contributed by atoms with E-state index in [1.54, 1.807) is 0 Å². The van der Waals surface area contributed by atoms with E-state index in [0.29, 0.717) is 17.5 Å². The highest BCUT2D eigenvalue weighted by atomic mass is 19.1. The Morgan fingerprint density at radius 3 is 2.45 bits per heavy atom. The molecule has 1 aliphatic rings. The fourth-order valence-electron chi connectivity index (χ4n) is 4.55. The van der Waals surface area contributed by atoms with Gasteiger partial charge in [0.25, 0.3) is 0 Å². The number of fused-ring (bicyclic) bond motifs is 2. The number of ketones is 1. The zero-order chi connectivity index (χ0) is 22.8. The summed E-state index contributed by atoms with van der Waals surface area (Å²) in [6, 6.07) is 23.0. The minimum absolute atomic E-state index is 0.286. The van der Waals surface area contributed by atoms with Crippen LogP contribution in [0.15, 0.2) is 78.9 Å². The fraction of sp³-hybridized carbons (Fsp3) is 0.179. The Morgan fingerprint density at radius 1 is 0.939 bits per heavy atom. The van der Waals surface area contributed by atoms with E-state index < -0.39 is 18.4 Å². The van der Waals surface area contributed by atoms with Gasteiger partial charge >= 0.3 is 5.97 Å². The first-order valence-electron chi connectivity index (χ1n) is 11.0. The average Bonchev–Trinajstić information content (AvgIpc) is 2.86. The molecule has 0 radical (unpaired) electrons. The van der Waals surface area contributed by atoms with Crippen LogP contribution in [0.5, 0.6) is 0 Å². The van der Waals surface area contributed by atoms with E-state index in [9.17, 15) is 14.0 Å². The molecule has 1 aliphatic carbocycles. The predicted molar refractivity (Wildman–Crippen MR) is 124 cm³/mol. The molecule has 1 unspecified atom stereocenters. The molecule has 0 spiro atoms. The van der Waals surface area contributed by atoms with Crippen molar-refractivity contribution in [3.05, 3.63) is 113 Å². The van der Waals surface area contributed by atoms with E-state index in [1.165, 1.54) is 29.8 Å². The van der Waals surface area contributed by atoms with E-state index in [-0.39, 0.29) is 11.7 Å². The number of nitrogens with zero attached hydrogens (tertiary/aromatic N) is 1. The van der Waals surface area contributed by atoms with Crippen molar-refractivity contribution in [3.63, 3.8) is 0 Å². The number of hydrogen-bond donors (Lipinski definition) is 0. The second-order valence-corrected chi connectivity index (χ2v) is 8.29. The van der Waals surface area contributed by atoms with Gasteiger partial charge in [-0.3, -0.25) is 9.78 Å². The van der Waals surface area contributed by atoms with Crippen LogP contribution in [0.1, 0.15) is 49.9 Å². The number of carbonyl (C=O) groups is 2. The van der Waals surface area contributed by atoms with Gasteiger partial charge in [0.05, 0.1) is 11.1 Å². The third-order valence-corrected chi connectivity index (χ3v) is 6.23. The largest absolute Gasteiger partial charge is 0.454 e. The zero-order valence-electron chi connectivity index (χ0n) is 18.0.